The highest BCUT2D eigenvalue weighted by molar-refractivity contribution is 8.08. The molecule has 0 aromatic heterocycles. The minimum absolute atomic E-state index is 0.710. The maximum Gasteiger partial charge on any atom is 0.156 e. The van der Waals surface area contributed by atoms with Crippen LogP contribution in [0.1, 0.15) is 11.1 Å². The highest BCUT2D eigenvalue weighted by Gasteiger charge is 2.30. The van der Waals surface area contributed by atoms with E-state index in [0.717, 1.165) is 32.7 Å². The van der Waals surface area contributed by atoms with Gasteiger partial charge in [-0.15, -0.1) is 0 Å². The van der Waals surface area contributed by atoms with Gasteiger partial charge in [0.15, 0.2) is 11.5 Å². The van der Waals surface area contributed by atoms with Crippen LogP contribution >= 0.6 is 14.3 Å². The lowest BCUT2D eigenvalue weighted by Gasteiger charge is -2.39. The maximum atomic E-state index is 7.44. The molecule has 0 aliphatic rings. The Hall–Kier alpha value is -3.31. The zero-order valence-corrected chi connectivity index (χ0v) is 24.8. The minimum Gasteiger partial charge on any atom is -0.493 e. The van der Waals surface area contributed by atoms with Gasteiger partial charge in [-0.3, -0.25) is 15.1 Å². The van der Waals surface area contributed by atoms with E-state index in [1.807, 2.05) is 48.5 Å². The zero-order chi connectivity index (χ0) is 28.0. The predicted octanol–water partition coefficient (Wildman–Crippen LogP) is 6.21. The molecule has 2 atom stereocenters. The molecule has 2 unspecified atom stereocenters. The Labute approximate surface area is 242 Å². The molecule has 196 valence electrons. The first-order chi connectivity index (χ1) is 19.5. The Balaban J connectivity index is 1.56. The Morgan fingerprint density at radius 3 is 1.25 bits per heavy atom. The van der Waals surface area contributed by atoms with Crippen molar-refractivity contribution in [1.82, 2.24) is 0 Å². The molecule has 0 fully saturated rings. The molecule has 0 amide bonds. The minimum atomic E-state index is -2.32. The van der Waals surface area contributed by atoms with Crippen LogP contribution in [0, 0.1) is 0 Å². The summed E-state index contributed by atoms with van der Waals surface area (Å²) in [6.07, 6.45) is 1.42. The van der Waals surface area contributed by atoms with Crippen LogP contribution in [-0.4, -0.2) is 29.4 Å². The second-order valence-electron chi connectivity index (χ2n) is 9.89. The van der Waals surface area contributed by atoms with Gasteiger partial charge in [-0.05, 0) is 65.7 Å². The van der Waals surface area contributed by atoms with Gasteiger partial charge in [-0.25, -0.2) is 0 Å². The molecule has 0 saturated carbocycles. The van der Waals surface area contributed by atoms with E-state index in [1.165, 1.54) is 11.1 Å². The lowest BCUT2D eigenvalue weighted by atomic mass is 10.2. The summed E-state index contributed by atoms with van der Waals surface area (Å²) in [5, 5.41) is 4.41. The first kappa shape index (κ1) is 28.2. The van der Waals surface area contributed by atoms with Crippen molar-refractivity contribution in [3.63, 3.8) is 0 Å². The normalized spacial score (nSPS) is 14.1. The highest BCUT2D eigenvalue weighted by Crippen LogP contribution is 2.58. The number of benzene rings is 5. The number of para-hydroxylation sites is 2. The Bertz CT molecular complexity index is 1450. The van der Waals surface area contributed by atoms with Gasteiger partial charge in [0.1, 0.15) is 0 Å². The fraction of sp³-hybridized carbons (Fsp3) is 0.118. The summed E-state index contributed by atoms with van der Waals surface area (Å²) in [7, 11) is 13.7. The van der Waals surface area contributed by atoms with Crippen molar-refractivity contribution in [2.24, 2.45) is 0 Å². The van der Waals surface area contributed by atoms with E-state index in [0.29, 0.717) is 12.3 Å². The Kier molecular flexibility index (Phi) is 8.80. The zero-order valence-electron chi connectivity index (χ0n) is 23.0. The summed E-state index contributed by atoms with van der Waals surface area (Å²) in [5.74, 6) is 1.65. The average Bonchev–Trinajstić information content (AvgIpc) is 3.02. The van der Waals surface area contributed by atoms with Crippen molar-refractivity contribution in [2.45, 2.75) is 12.3 Å². The van der Waals surface area contributed by atoms with E-state index in [-0.39, 0.29) is 0 Å². The van der Waals surface area contributed by atoms with Crippen LogP contribution in [0.5, 0.6) is 11.5 Å². The van der Waals surface area contributed by atoms with Gasteiger partial charge in [-0.1, -0.05) is 78.9 Å². The van der Waals surface area contributed by atoms with E-state index in [2.05, 4.69) is 84.9 Å². The number of ether oxygens (including phenoxy) is 2. The monoisotopic (exact) mass is 556 g/mol. The maximum absolute atomic E-state index is 7.44. The van der Waals surface area contributed by atoms with Crippen LogP contribution in [-0.2, 0) is 12.3 Å². The van der Waals surface area contributed by atoms with Gasteiger partial charge >= 0.3 is 0 Å². The van der Waals surface area contributed by atoms with Crippen LogP contribution < -0.4 is 30.7 Å². The van der Waals surface area contributed by atoms with Gasteiger partial charge in [0.05, 0.1) is 24.8 Å². The van der Waals surface area contributed by atoms with Crippen LogP contribution in [0.3, 0.4) is 0 Å². The molecule has 0 saturated heterocycles. The summed E-state index contributed by atoms with van der Waals surface area (Å²) < 4.78 is 11.6. The molecule has 0 spiro atoms. The number of hydrogen-bond donors (Lipinski definition) is 0. The Morgan fingerprint density at radius 1 is 0.475 bits per heavy atom. The topological polar surface area (TPSA) is 18.5 Å². The van der Waals surface area contributed by atoms with E-state index in [9.17, 15) is 0 Å². The largest absolute Gasteiger partial charge is 0.493 e. The lowest BCUT2D eigenvalue weighted by molar-refractivity contribution is 0.418. The lowest BCUT2D eigenvalue weighted by Crippen LogP contribution is -2.26. The number of hydrogen-bond acceptors (Lipinski definition) is 2. The molecule has 6 heteroatoms. The Morgan fingerprint density at radius 2 is 0.850 bits per heavy atom. The second-order valence-corrected chi connectivity index (χ2v) is 16.0. The second kappa shape index (κ2) is 12.5. The van der Waals surface area contributed by atoms with Crippen molar-refractivity contribution < 1.29 is 9.47 Å². The molecule has 40 heavy (non-hydrogen) atoms. The van der Waals surface area contributed by atoms with Crippen molar-refractivity contribution in [1.29, 1.82) is 0 Å². The third-order valence-electron chi connectivity index (χ3n) is 7.32. The fourth-order valence-electron chi connectivity index (χ4n) is 5.34. The number of methoxy groups -OCH3 is 2. The van der Waals surface area contributed by atoms with Gasteiger partial charge in [0.2, 0.25) is 0 Å². The van der Waals surface area contributed by atoms with Crippen LogP contribution in [0.4, 0.5) is 0 Å². The summed E-state index contributed by atoms with van der Waals surface area (Å²) in [6.45, 7) is 0. The molecular weight excluding hydrogens is 524 g/mol. The third kappa shape index (κ3) is 5.76. The third-order valence-corrected chi connectivity index (χ3v) is 13.9. The van der Waals surface area contributed by atoms with Crippen LogP contribution in [0.2, 0.25) is 0 Å². The summed E-state index contributed by atoms with van der Waals surface area (Å²) in [4.78, 5) is 0. The average molecular weight is 556 g/mol. The molecule has 5 aromatic rings. The molecular formula is C34H32B2O2P2. The summed E-state index contributed by atoms with van der Waals surface area (Å²) in [5.41, 5.74) is 2.37. The first-order valence-electron chi connectivity index (χ1n) is 13.3. The van der Waals surface area contributed by atoms with Crippen LogP contribution in [0.15, 0.2) is 133 Å². The van der Waals surface area contributed by atoms with Gasteiger partial charge in [-0.2, -0.15) is 14.3 Å². The highest BCUT2D eigenvalue weighted by atomic mass is 31.2. The molecule has 0 aliphatic heterocycles. The molecule has 6 radical (unpaired) electrons. The molecule has 5 aromatic carbocycles. The smallest absolute Gasteiger partial charge is 0.156 e. The molecule has 0 bridgehead atoms. The summed E-state index contributed by atoms with van der Waals surface area (Å²) >= 11 is 0. The molecule has 5 rings (SSSR count). The molecule has 0 heterocycles. The molecule has 2 nitrogen and oxygen atoms in total. The van der Waals surface area contributed by atoms with Gasteiger partial charge < -0.3 is 9.47 Å². The van der Waals surface area contributed by atoms with Crippen molar-refractivity contribution >= 4 is 50.6 Å². The van der Waals surface area contributed by atoms with Crippen molar-refractivity contribution in [2.75, 3.05) is 14.2 Å². The van der Waals surface area contributed by atoms with Crippen LogP contribution in [0.25, 0.3) is 0 Å². The van der Waals surface area contributed by atoms with E-state index >= 15 is 0 Å². The standard InChI is InChI=1S/C34H32B2O2P2/c1-37-31-20-9-11-22-33(31)39(35,29-16-5-3-6-17-29)25-27-14-13-15-28(24-27)26-40(36,30-18-7-4-8-19-30)34-23-12-10-21-32(34)38-2/h3-24H,25-26H2,1-2H3. The van der Waals surface area contributed by atoms with Crippen molar-refractivity contribution in [3.05, 3.63) is 145 Å². The predicted molar refractivity (Wildman–Crippen MR) is 177 cm³/mol. The SMILES string of the molecule is [B-][P+](Cc1cccc(C[P+]([B-])(c2ccccc2)c2ccccc2OC)c1)(c1ccccc1)c1ccccc1OC. The first-order valence-corrected chi connectivity index (χ1v) is 17.4. The van der Waals surface area contributed by atoms with E-state index in [1.54, 1.807) is 14.2 Å². The number of rotatable bonds is 10. The molecule has 0 aliphatic carbocycles. The van der Waals surface area contributed by atoms with Crippen molar-refractivity contribution in [3.8, 4) is 11.5 Å². The quantitative estimate of drug-likeness (QED) is 0.151. The fourth-order valence-corrected chi connectivity index (χ4v) is 11.4. The van der Waals surface area contributed by atoms with Gasteiger partial charge in [0, 0.05) is 22.9 Å². The van der Waals surface area contributed by atoms with E-state index < -0.39 is 14.3 Å². The van der Waals surface area contributed by atoms with Gasteiger partial charge in [0.25, 0.3) is 0 Å². The van der Waals surface area contributed by atoms with E-state index in [4.69, 9.17) is 24.6 Å². The summed E-state index contributed by atoms with van der Waals surface area (Å²) in [6, 6.07) is 45.9. The molecule has 0 N–H and O–H groups in total.